The number of nitrogens with zero attached hydrogens (tertiary/aromatic N) is 3. The van der Waals surface area contributed by atoms with Gasteiger partial charge in [-0.05, 0) is 32.6 Å². The molecule has 2 rings (SSSR count). The summed E-state index contributed by atoms with van der Waals surface area (Å²) in [5.41, 5.74) is -0.646. The summed E-state index contributed by atoms with van der Waals surface area (Å²) in [6.07, 6.45) is 6.64. The smallest absolute Gasteiger partial charge is 0.141 e. The van der Waals surface area contributed by atoms with Gasteiger partial charge in [0.25, 0.3) is 0 Å². The van der Waals surface area contributed by atoms with Crippen LogP contribution in [-0.4, -0.2) is 45.6 Å². The van der Waals surface area contributed by atoms with E-state index in [9.17, 15) is 10.1 Å². The Balaban J connectivity index is 0.00000242. The molecule has 126 valence electrons. The third-order valence-corrected chi connectivity index (χ3v) is 6.21. The number of nitriles is 1. The van der Waals surface area contributed by atoms with Crippen LogP contribution in [0.1, 0.15) is 46.0 Å². The zero-order valence-electron chi connectivity index (χ0n) is 13.4. The quantitative estimate of drug-likeness (QED) is 0.468. The molecule has 2 fully saturated rings. The van der Waals surface area contributed by atoms with E-state index in [1.165, 1.54) is 19.3 Å². The highest BCUT2D eigenvalue weighted by molar-refractivity contribution is 7.99. The van der Waals surface area contributed by atoms with Crippen molar-refractivity contribution < 1.29 is 4.79 Å². The van der Waals surface area contributed by atoms with Crippen molar-refractivity contribution in [2.45, 2.75) is 63.7 Å². The lowest BCUT2D eigenvalue weighted by Gasteiger charge is -2.46. The third kappa shape index (κ3) is 3.77. The van der Waals surface area contributed by atoms with Crippen molar-refractivity contribution >= 4 is 30.5 Å². The molecule has 0 radical (unpaired) electrons. The Morgan fingerprint density at radius 1 is 1.45 bits per heavy atom. The number of rotatable bonds is 5. The number of hydrogen-bond acceptors (Lipinski definition) is 6. The van der Waals surface area contributed by atoms with Crippen molar-refractivity contribution in [3.8, 4) is 6.07 Å². The molecule has 2 aliphatic rings. The molecular formula is C15H27ClN4OS. The summed E-state index contributed by atoms with van der Waals surface area (Å²) in [4.78, 5) is 13.9. The summed E-state index contributed by atoms with van der Waals surface area (Å²) >= 11 is 1.75. The molecular weight excluding hydrogens is 320 g/mol. The van der Waals surface area contributed by atoms with E-state index in [-0.39, 0.29) is 24.6 Å². The number of halogens is 1. The van der Waals surface area contributed by atoms with Gasteiger partial charge in [-0.25, -0.2) is 5.01 Å². The van der Waals surface area contributed by atoms with Gasteiger partial charge in [-0.2, -0.15) is 5.26 Å². The molecule has 0 aromatic carbocycles. The molecule has 5 nitrogen and oxygen atoms in total. The molecule has 1 heterocycles. The lowest BCUT2D eigenvalue weighted by atomic mass is 9.76. The minimum absolute atomic E-state index is 0. The van der Waals surface area contributed by atoms with Gasteiger partial charge in [0.2, 0.25) is 0 Å². The van der Waals surface area contributed by atoms with Gasteiger partial charge in [0.05, 0.1) is 17.8 Å². The number of hydrazine groups is 1. The topological polar surface area (TPSA) is 73.4 Å². The Labute approximate surface area is 143 Å². The van der Waals surface area contributed by atoms with Crippen LogP contribution >= 0.6 is 24.2 Å². The number of nitrogens with two attached hydrogens (primary N) is 1. The Morgan fingerprint density at radius 3 is 2.64 bits per heavy atom. The summed E-state index contributed by atoms with van der Waals surface area (Å²) in [6.45, 7) is 3.96. The monoisotopic (exact) mass is 346 g/mol. The fourth-order valence-corrected chi connectivity index (χ4v) is 4.75. The van der Waals surface area contributed by atoms with Gasteiger partial charge < -0.3 is 4.79 Å². The summed E-state index contributed by atoms with van der Waals surface area (Å²) in [6, 6.07) is 2.22. The Hall–Kier alpha value is -0.320. The molecule has 3 unspecified atom stereocenters. The molecule has 0 aromatic rings. The minimum Gasteiger partial charge on any atom is -0.301 e. The van der Waals surface area contributed by atoms with E-state index < -0.39 is 5.54 Å². The number of carbonyl (C=O) groups is 1. The van der Waals surface area contributed by atoms with Crippen LogP contribution in [0.5, 0.6) is 0 Å². The maximum absolute atomic E-state index is 11.8. The fourth-order valence-electron chi connectivity index (χ4n) is 3.55. The molecule has 7 heteroatoms. The molecule has 1 aliphatic carbocycles. The summed E-state index contributed by atoms with van der Waals surface area (Å²) in [5, 5.41) is 10.9. The molecule has 2 N–H and O–H groups in total. The van der Waals surface area contributed by atoms with Crippen LogP contribution < -0.4 is 5.84 Å². The number of carbonyl (C=O) groups excluding carboxylic acids is 1. The highest BCUT2D eigenvalue weighted by atomic mass is 35.5. The fraction of sp³-hybridized carbons (Fsp3) is 0.867. The molecule has 22 heavy (non-hydrogen) atoms. The molecule has 1 saturated heterocycles. The van der Waals surface area contributed by atoms with Crippen LogP contribution in [0.2, 0.25) is 0 Å². The van der Waals surface area contributed by atoms with E-state index in [4.69, 9.17) is 5.84 Å². The second kappa shape index (κ2) is 8.51. The molecule has 3 atom stereocenters. The largest absolute Gasteiger partial charge is 0.301 e. The Bertz CT molecular complexity index is 413. The van der Waals surface area contributed by atoms with E-state index in [2.05, 4.69) is 11.0 Å². The van der Waals surface area contributed by atoms with E-state index >= 15 is 0 Å². The van der Waals surface area contributed by atoms with E-state index in [1.54, 1.807) is 16.8 Å². The summed E-state index contributed by atoms with van der Waals surface area (Å²) < 4.78 is 0. The van der Waals surface area contributed by atoms with Gasteiger partial charge in [-0.1, -0.05) is 19.3 Å². The lowest BCUT2D eigenvalue weighted by molar-refractivity contribution is -0.129. The first-order valence-electron chi connectivity index (χ1n) is 7.78. The summed E-state index contributed by atoms with van der Waals surface area (Å²) in [5.74, 6) is 8.30. The molecule has 0 spiro atoms. The average molecular weight is 347 g/mol. The van der Waals surface area contributed by atoms with Gasteiger partial charge in [0.15, 0.2) is 0 Å². The highest BCUT2D eigenvalue weighted by Gasteiger charge is 2.43. The maximum Gasteiger partial charge on any atom is 0.141 e. The number of hydrogen-bond donors (Lipinski definition) is 1. The van der Waals surface area contributed by atoms with Crippen molar-refractivity contribution in [2.24, 2.45) is 11.8 Å². The van der Waals surface area contributed by atoms with Crippen LogP contribution in [-0.2, 0) is 4.79 Å². The van der Waals surface area contributed by atoms with Gasteiger partial charge in [0.1, 0.15) is 12.3 Å². The van der Waals surface area contributed by atoms with Crippen LogP contribution in [0.15, 0.2) is 0 Å². The van der Waals surface area contributed by atoms with Crippen LogP contribution in [0.25, 0.3) is 0 Å². The normalized spacial score (nSPS) is 27.7. The number of aldehydes is 1. The summed E-state index contributed by atoms with van der Waals surface area (Å²) in [7, 11) is 0. The second-order valence-electron chi connectivity index (χ2n) is 6.38. The van der Waals surface area contributed by atoms with E-state index in [1.807, 2.05) is 13.8 Å². The van der Waals surface area contributed by atoms with Gasteiger partial charge >= 0.3 is 0 Å². The Morgan fingerprint density at radius 2 is 2.09 bits per heavy atom. The zero-order valence-corrected chi connectivity index (χ0v) is 15.0. The molecule has 0 aromatic heterocycles. The van der Waals surface area contributed by atoms with E-state index in [0.717, 1.165) is 30.8 Å². The van der Waals surface area contributed by atoms with Crippen molar-refractivity contribution in [1.29, 1.82) is 5.26 Å². The Kier molecular flexibility index (Phi) is 7.63. The second-order valence-corrected chi connectivity index (χ2v) is 7.38. The van der Waals surface area contributed by atoms with Crippen LogP contribution in [0, 0.1) is 17.2 Å². The van der Waals surface area contributed by atoms with Crippen LogP contribution in [0.3, 0.4) is 0 Å². The van der Waals surface area contributed by atoms with E-state index in [0.29, 0.717) is 5.92 Å². The van der Waals surface area contributed by atoms with Crippen molar-refractivity contribution in [2.75, 3.05) is 11.6 Å². The van der Waals surface area contributed by atoms with Crippen LogP contribution in [0.4, 0.5) is 0 Å². The van der Waals surface area contributed by atoms with Gasteiger partial charge in [-0.3, -0.25) is 10.7 Å². The first-order valence-corrected chi connectivity index (χ1v) is 8.93. The SMILES string of the molecule is CC(N1CSCC1C#N)N(N)C(C)(C=O)C1CCCCC1.Cl. The maximum atomic E-state index is 11.8. The van der Waals surface area contributed by atoms with Crippen molar-refractivity contribution in [3.63, 3.8) is 0 Å². The lowest BCUT2D eigenvalue weighted by Crippen LogP contribution is -2.64. The average Bonchev–Trinajstić information content (AvgIpc) is 3.02. The molecule has 1 aliphatic heterocycles. The first-order chi connectivity index (χ1) is 10.0. The predicted molar refractivity (Wildman–Crippen MR) is 92.3 cm³/mol. The zero-order chi connectivity index (χ0) is 15.5. The minimum atomic E-state index is -0.646. The number of thioether (sulfide) groups is 1. The predicted octanol–water partition coefficient (Wildman–Crippen LogP) is 2.37. The third-order valence-electron chi connectivity index (χ3n) is 5.17. The molecule has 1 saturated carbocycles. The molecule has 0 bridgehead atoms. The van der Waals surface area contributed by atoms with Crippen molar-refractivity contribution in [1.82, 2.24) is 9.91 Å². The standard InChI is InChI=1S/C15H26N4OS.ClH/c1-12(18-11-21-9-14(18)8-16)19(17)15(2,10-20)13-6-4-3-5-7-13;/h10,12-14H,3-7,9,11,17H2,1-2H3;1H. The van der Waals surface area contributed by atoms with Gasteiger partial charge in [0, 0.05) is 11.6 Å². The highest BCUT2D eigenvalue weighted by Crippen LogP contribution is 2.36. The first kappa shape index (κ1) is 19.7. The van der Waals surface area contributed by atoms with Crippen molar-refractivity contribution in [3.05, 3.63) is 0 Å². The van der Waals surface area contributed by atoms with Gasteiger partial charge in [-0.15, -0.1) is 24.2 Å². The molecule has 0 amide bonds.